The summed E-state index contributed by atoms with van der Waals surface area (Å²) in [6.45, 7) is -10.9. The smallest absolute Gasteiger partial charge is 0.407 e. The summed E-state index contributed by atoms with van der Waals surface area (Å²) < 4.78 is 99.5. The van der Waals surface area contributed by atoms with E-state index < -0.39 is 55.6 Å². The predicted octanol–water partition coefficient (Wildman–Crippen LogP) is 1.92. The van der Waals surface area contributed by atoms with Crippen LogP contribution in [0.5, 0.6) is 0 Å². The van der Waals surface area contributed by atoms with Crippen LogP contribution in [0.3, 0.4) is 0 Å². The highest BCUT2D eigenvalue weighted by molar-refractivity contribution is 5.84. The van der Waals surface area contributed by atoms with Crippen LogP contribution < -0.4 is 5.32 Å². The number of carbonyl (C=O) groups excluding carboxylic acids is 1. The fourth-order valence-electron chi connectivity index (χ4n) is 2.14. The van der Waals surface area contributed by atoms with E-state index >= 15 is 0 Å². The minimum absolute atomic E-state index is 0.0104. The normalized spacial score (nSPS) is 32.7. The van der Waals surface area contributed by atoms with Gasteiger partial charge in [0.05, 0.1) is 8.76 Å². The lowest BCUT2D eigenvalue weighted by Gasteiger charge is -2.09. The predicted molar refractivity (Wildman–Crippen MR) is 82.5 cm³/mol. The number of fused-ring (bicyclic) bond motifs is 1. The van der Waals surface area contributed by atoms with Gasteiger partial charge in [0.25, 0.3) is 0 Å². The topological polar surface area (TPSA) is 57.4 Å². The Bertz CT molecular complexity index is 1060. The Balaban J connectivity index is 2.13. The number of ether oxygens (including phenoxy) is 1. The molecule has 2 N–H and O–H groups in total. The lowest BCUT2D eigenvalue weighted by atomic mass is 10.0. The summed E-state index contributed by atoms with van der Waals surface area (Å²) in [5.41, 5.74) is 0.0653. The Morgan fingerprint density at radius 3 is 3.29 bits per heavy atom. The molecule has 5 nitrogen and oxygen atoms in total. The van der Waals surface area contributed by atoms with Crippen molar-refractivity contribution in [3.63, 3.8) is 0 Å². The summed E-state index contributed by atoms with van der Waals surface area (Å²) in [6, 6.07) is 2.91. The number of likely N-dealkylation sites (N-methyl/N-ethyl adjacent to an activating group) is 1. The number of nitrogens with one attached hydrogen (secondary N) is 2. The molecule has 0 unspecified atom stereocenters. The van der Waals surface area contributed by atoms with E-state index in [1.54, 1.807) is 6.07 Å². The number of aromatic nitrogens is 1. The zero-order valence-corrected chi connectivity index (χ0v) is 10.9. The molecule has 0 radical (unpaired) electrons. The Kier molecular flexibility index (Phi) is 1.55. The van der Waals surface area contributed by atoms with Gasteiger partial charge in [-0.1, -0.05) is 6.07 Å². The van der Waals surface area contributed by atoms with Crippen molar-refractivity contribution in [1.29, 1.82) is 0 Å². The fourth-order valence-corrected chi connectivity index (χ4v) is 2.14. The van der Waals surface area contributed by atoms with Gasteiger partial charge in [0, 0.05) is 37.3 Å². The molecule has 1 aromatic carbocycles. The first-order valence-electron chi connectivity index (χ1n) is 12.2. The van der Waals surface area contributed by atoms with Crippen LogP contribution in [0.2, 0.25) is 0 Å². The van der Waals surface area contributed by atoms with Crippen LogP contribution >= 0.6 is 0 Å². The average Bonchev–Trinajstić information content (AvgIpc) is 3.09. The van der Waals surface area contributed by atoms with Crippen molar-refractivity contribution in [3.8, 4) is 0 Å². The Morgan fingerprint density at radius 1 is 1.62 bits per heavy atom. The molecule has 1 aliphatic heterocycles. The molecule has 5 heteroatoms. The minimum Gasteiger partial charge on any atom is -0.447 e. The fraction of sp³-hybridized carbons (Fsp3) is 0.438. The molecule has 1 aromatic heterocycles. The number of nitrogens with zero attached hydrogens (tertiary/aromatic N) is 1. The van der Waals surface area contributed by atoms with Gasteiger partial charge in [-0.05, 0) is 50.0 Å². The monoisotopic (exact) mass is 299 g/mol. The van der Waals surface area contributed by atoms with Gasteiger partial charge in [0.15, 0.2) is 0 Å². The molecule has 2 heterocycles. The van der Waals surface area contributed by atoms with Crippen LogP contribution in [0.4, 0.5) is 4.79 Å². The van der Waals surface area contributed by atoms with Crippen molar-refractivity contribution in [3.05, 3.63) is 35.5 Å². The van der Waals surface area contributed by atoms with Crippen LogP contribution in [-0.2, 0) is 17.5 Å². The number of hydrogen-bond donors (Lipinski definition) is 2. The van der Waals surface area contributed by atoms with Crippen molar-refractivity contribution in [2.45, 2.75) is 18.8 Å². The van der Waals surface area contributed by atoms with Gasteiger partial charge >= 0.3 is 6.09 Å². The first-order valence-corrected chi connectivity index (χ1v) is 6.17. The molecule has 21 heavy (non-hydrogen) atoms. The lowest BCUT2D eigenvalue weighted by molar-refractivity contribution is 0.177. The first kappa shape index (κ1) is 5.65. The highest BCUT2D eigenvalue weighted by atomic mass is 16.6. The van der Waals surface area contributed by atoms with Gasteiger partial charge < -0.3 is 19.9 Å². The molecule has 112 valence electrons. The Morgan fingerprint density at radius 2 is 2.52 bits per heavy atom. The van der Waals surface area contributed by atoms with Crippen LogP contribution in [0.15, 0.2) is 24.4 Å². The summed E-state index contributed by atoms with van der Waals surface area (Å²) >= 11 is 0. The largest absolute Gasteiger partial charge is 0.447 e. The van der Waals surface area contributed by atoms with Crippen LogP contribution in [0.1, 0.15) is 27.6 Å². The number of aryl methyl sites for hydroxylation is 1. The van der Waals surface area contributed by atoms with Crippen LogP contribution in [-0.4, -0.2) is 49.1 Å². The van der Waals surface area contributed by atoms with E-state index in [0.717, 1.165) is 0 Å². The molecule has 3 rings (SSSR count). The first-order chi connectivity index (χ1) is 14.8. The number of aromatic amines is 1. The number of hydrogen-bond acceptors (Lipinski definition) is 3. The van der Waals surface area contributed by atoms with E-state index in [2.05, 4.69) is 10.3 Å². The second kappa shape index (κ2) is 5.77. The Labute approximate surface area is 141 Å². The molecule has 0 spiro atoms. The molecule has 1 aliphatic rings. The SMILES string of the molecule is [2H]c1[nH]c2ccc(C[C@@]3([2H])COC(=O)N3)cc2c1C([2H])([2H])C([2H])([2H])N(C([2H])([2H])[2H])C([2H])([2H])[2H]. The van der Waals surface area contributed by atoms with Gasteiger partial charge in [-0.15, -0.1) is 0 Å². The number of H-pyrrole nitrogens is 1. The second-order valence-electron chi connectivity index (χ2n) is 4.56. The van der Waals surface area contributed by atoms with Gasteiger partial charge in [0.1, 0.15) is 6.61 Å². The maximum atomic E-state index is 11.3. The zero-order chi connectivity index (χ0) is 25.2. The quantitative estimate of drug-likeness (QED) is 0.887. The third-order valence-corrected chi connectivity index (χ3v) is 3.04. The molecule has 1 amide bonds. The number of benzene rings is 1. The van der Waals surface area contributed by atoms with E-state index in [1.807, 2.05) is 0 Å². The summed E-state index contributed by atoms with van der Waals surface area (Å²) in [7, 11) is 0. The van der Waals surface area contributed by atoms with Crippen molar-refractivity contribution in [2.75, 3.05) is 27.1 Å². The molecule has 0 saturated carbocycles. The van der Waals surface area contributed by atoms with Crippen molar-refractivity contribution in [2.24, 2.45) is 0 Å². The van der Waals surface area contributed by atoms with Gasteiger partial charge in [-0.2, -0.15) is 0 Å². The van der Waals surface area contributed by atoms with Crippen molar-refractivity contribution >= 4 is 17.0 Å². The number of carbonyl (C=O) groups is 1. The van der Waals surface area contributed by atoms with E-state index in [4.69, 9.17) is 21.2 Å². The van der Waals surface area contributed by atoms with E-state index in [0.29, 0.717) is 5.56 Å². The van der Waals surface area contributed by atoms with Crippen LogP contribution in [0.25, 0.3) is 10.9 Å². The molecular weight excluding hydrogens is 266 g/mol. The zero-order valence-electron chi connectivity index (χ0n) is 22.9. The summed E-state index contributed by atoms with van der Waals surface area (Å²) in [4.78, 5) is 13.4. The highest BCUT2D eigenvalue weighted by Crippen LogP contribution is 2.21. The second-order valence-corrected chi connectivity index (χ2v) is 4.56. The van der Waals surface area contributed by atoms with Gasteiger partial charge in [0.2, 0.25) is 0 Å². The number of rotatable bonds is 5. The summed E-state index contributed by atoms with van der Waals surface area (Å²) in [6.07, 6.45) is -4.65. The Hall–Kier alpha value is -2.01. The van der Waals surface area contributed by atoms with E-state index in [1.165, 1.54) is 12.1 Å². The summed E-state index contributed by atoms with van der Waals surface area (Å²) in [5.74, 6) is 0. The van der Waals surface area contributed by atoms with Crippen molar-refractivity contribution < 1.29 is 26.0 Å². The minimum atomic E-state index is -3.59. The van der Waals surface area contributed by atoms with E-state index in [9.17, 15) is 4.79 Å². The third-order valence-electron chi connectivity index (χ3n) is 3.04. The molecule has 0 aliphatic carbocycles. The molecule has 2 aromatic rings. The third kappa shape index (κ3) is 3.19. The molecule has 1 atom stereocenters. The molecular formula is C16H21N3O2. The maximum Gasteiger partial charge on any atom is 0.407 e. The molecule has 1 saturated heterocycles. The number of cyclic esters (lactones) is 1. The van der Waals surface area contributed by atoms with E-state index in [-0.39, 0.29) is 23.9 Å². The maximum absolute atomic E-state index is 11.3. The van der Waals surface area contributed by atoms with Crippen LogP contribution in [0, 0.1) is 0 Å². The average molecular weight is 299 g/mol. The highest BCUT2D eigenvalue weighted by Gasteiger charge is 2.22. The number of alkyl carbamates (subject to hydrolysis) is 1. The summed E-state index contributed by atoms with van der Waals surface area (Å²) in [5, 5.41) is 2.35. The van der Waals surface area contributed by atoms with Gasteiger partial charge in [-0.3, -0.25) is 0 Å². The van der Waals surface area contributed by atoms with Gasteiger partial charge in [-0.25, -0.2) is 4.79 Å². The molecule has 0 bridgehead atoms. The lowest BCUT2D eigenvalue weighted by Crippen LogP contribution is -2.28. The standard InChI is InChI=1S/C16H21N3O2/c1-19(2)6-5-12-9-17-15-4-3-11(8-14(12)15)7-13-10-21-16(20)18-13/h3-4,8-9,13,17H,5-7,10H2,1-2H3,(H,18,20)/t13-/m0/s1/i1D3,2D3,5D2,6D2,9D,13D. The van der Waals surface area contributed by atoms with Crippen molar-refractivity contribution in [1.82, 2.24) is 15.2 Å². The molecule has 1 fully saturated rings. The number of amides is 1.